The van der Waals surface area contributed by atoms with Gasteiger partial charge in [0, 0.05) is 17.4 Å². The van der Waals surface area contributed by atoms with E-state index in [1.54, 1.807) is 30.5 Å². The van der Waals surface area contributed by atoms with Crippen LogP contribution in [0.25, 0.3) is 11.3 Å². The summed E-state index contributed by atoms with van der Waals surface area (Å²) < 4.78 is 48.9. The molecule has 0 fully saturated rings. The highest BCUT2D eigenvalue weighted by Gasteiger charge is 2.30. The molecule has 0 atom stereocenters. The van der Waals surface area contributed by atoms with E-state index in [-0.39, 0.29) is 0 Å². The van der Waals surface area contributed by atoms with E-state index in [9.17, 15) is 18.0 Å². The number of alkyl halides is 3. The van der Waals surface area contributed by atoms with Crippen molar-refractivity contribution in [2.45, 2.75) is 19.5 Å². The number of carboxylic acids is 1. The molecule has 1 aromatic heterocycles. The number of hydrogen-bond acceptors (Lipinski definition) is 5. The fourth-order valence-electron chi connectivity index (χ4n) is 2.66. The average molecular weight is 437 g/mol. The Kier molecular flexibility index (Phi) is 6.61. The van der Waals surface area contributed by atoms with Crippen LogP contribution in [0.4, 0.5) is 13.2 Å². The van der Waals surface area contributed by atoms with Gasteiger partial charge in [0.05, 0.1) is 22.9 Å². The van der Waals surface area contributed by atoms with E-state index in [2.05, 4.69) is 4.98 Å². The number of benzene rings is 2. The maximum atomic E-state index is 12.7. The third kappa shape index (κ3) is 5.73. The zero-order chi connectivity index (χ0) is 21.7. The molecular weight excluding hydrogens is 419 g/mol. The first-order chi connectivity index (χ1) is 14.2. The van der Waals surface area contributed by atoms with Crippen LogP contribution < -0.4 is 9.47 Å². The van der Waals surface area contributed by atoms with Crippen molar-refractivity contribution >= 4 is 17.3 Å². The molecule has 3 aromatic rings. The summed E-state index contributed by atoms with van der Waals surface area (Å²) in [6.07, 6.45) is -3.82. The Morgan fingerprint density at radius 2 is 1.87 bits per heavy atom. The molecule has 0 aliphatic rings. The summed E-state index contributed by atoms with van der Waals surface area (Å²) in [5.41, 5.74) is 1.32. The van der Waals surface area contributed by atoms with Crippen molar-refractivity contribution in [3.05, 3.63) is 64.0 Å². The van der Waals surface area contributed by atoms with Crippen LogP contribution in [-0.2, 0) is 17.4 Å². The Hall–Kier alpha value is -3.07. The molecule has 3 rings (SSSR count). The highest BCUT2D eigenvalue weighted by Crippen LogP contribution is 2.31. The van der Waals surface area contributed by atoms with Crippen molar-refractivity contribution in [2.24, 2.45) is 0 Å². The highest BCUT2D eigenvalue weighted by atomic mass is 32.1. The van der Waals surface area contributed by atoms with Crippen LogP contribution in [0.5, 0.6) is 11.5 Å². The fourth-order valence-corrected chi connectivity index (χ4v) is 3.45. The molecule has 0 aliphatic heterocycles. The normalized spacial score (nSPS) is 11.3. The van der Waals surface area contributed by atoms with Gasteiger partial charge in [-0.1, -0.05) is 12.1 Å². The number of nitrogens with zero attached hydrogens (tertiary/aromatic N) is 1. The molecule has 1 heterocycles. The molecule has 9 heteroatoms. The number of aliphatic carboxylic acids is 1. The molecule has 0 unspecified atom stereocenters. The molecule has 158 valence electrons. The van der Waals surface area contributed by atoms with Crippen molar-refractivity contribution in [2.75, 3.05) is 13.2 Å². The number of carbonyl (C=O) groups is 1. The first-order valence-electron chi connectivity index (χ1n) is 8.92. The largest absolute Gasteiger partial charge is 0.493 e. The van der Waals surface area contributed by atoms with Crippen LogP contribution in [-0.4, -0.2) is 29.3 Å². The van der Waals surface area contributed by atoms with Gasteiger partial charge < -0.3 is 14.6 Å². The number of aryl methyl sites for hydroxylation is 1. The molecule has 2 aromatic carbocycles. The van der Waals surface area contributed by atoms with Gasteiger partial charge in [-0.3, -0.25) is 0 Å². The van der Waals surface area contributed by atoms with Crippen LogP contribution in [0, 0.1) is 6.92 Å². The van der Waals surface area contributed by atoms with Crippen molar-refractivity contribution in [1.29, 1.82) is 0 Å². The maximum Gasteiger partial charge on any atom is 0.416 e. The third-order valence-electron chi connectivity index (χ3n) is 4.14. The second-order valence-electron chi connectivity index (χ2n) is 6.41. The molecule has 0 spiro atoms. The predicted octanol–water partition coefficient (Wildman–Crippen LogP) is 5.22. The minimum atomic E-state index is -4.36. The second-order valence-corrected chi connectivity index (χ2v) is 7.35. The standard InChI is InChI=1S/C21H18F3NO4S/c1-13-10-16(6-7-18(13)29-11-20(26)27)28-9-8-19-25-17(12-30-19)14-2-4-15(5-3-14)21(22,23)24/h2-7,10,12H,8-9,11H2,1H3,(H,26,27). The quantitative estimate of drug-likeness (QED) is 0.523. The molecule has 0 amide bonds. The second kappa shape index (κ2) is 9.17. The number of aromatic nitrogens is 1. The minimum absolute atomic E-state index is 0.370. The number of ether oxygens (including phenoxy) is 2. The van der Waals surface area contributed by atoms with Gasteiger partial charge in [0.25, 0.3) is 0 Å². The summed E-state index contributed by atoms with van der Waals surface area (Å²) >= 11 is 1.42. The molecule has 5 nitrogen and oxygen atoms in total. The molecule has 0 saturated carbocycles. The van der Waals surface area contributed by atoms with E-state index in [0.717, 1.165) is 22.7 Å². The van der Waals surface area contributed by atoms with Crippen molar-refractivity contribution in [3.8, 4) is 22.8 Å². The molecule has 0 bridgehead atoms. The van der Waals surface area contributed by atoms with Crippen LogP contribution in [0.1, 0.15) is 16.1 Å². The lowest BCUT2D eigenvalue weighted by molar-refractivity contribution is -0.139. The van der Waals surface area contributed by atoms with Crippen molar-refractivity contribution in [3.63, 3.8) is 0 Å². The van der Waals surface area contributed by atoms with Crippen LogP contribution in [0.2, 0.25) is 0 Å². The summed E-state index contributed by atoms with van der Waals surface area (Å²) in [5, 5.41) is 11.3. The van der Waals surface area contributed by atoms with E-state index in [1.807, 2.05) is 0 Å². The van der Waals surface area contributed by atoms with Gasteiger partial charge in [0.1, 0.15) is 11.5 Å². The van der Waals surface area contributed by atoms with Gasteiger partial charge in [0.15, 0.2) is 6.61 Å². The molecule has 1 N–H and O–H groups in total. The van der Waals surface area contributed by atoms with Crippen LogP contribution >= 0.6 is 11.3 Å². The number of carboxylic acid groups (broad SMARTS) is 1. The van der Waals surface area contributed by atoms with Gasteiger partial charge in [-0.15, -0.1) is 11.3 Å². The molecular formula is C21H18F3NO4S. The van der Waals surface area contributed by atoms with E-state index < -0.39 is 24.3 Å². The Bertz CT molecular complexity index is 1020. The number of rotatable bonds is 8. The van der Waals surface area contributed by atoms with Gasteiger partial charge in [-0.2, -0.15) is 13.2 Å². The fraction of sp³-hybridized carbons (Fsp3) is 0.238. The summed E-state index contributed by atoms with van der Waals surface area (Å²) in [6.45, 7) is 1.75. The number of thiazole rings is 1. The van der Waals surface area contributed by atoms with Gasteiger partial charge in [-0.25, -0.2) is 9.78 Å². The van der Waals surface area contributed by atoms with Crippen molar-refractivity contribution < 1.29 is 32.5 Å². The first-order valence-corrected chi connectivity index (χ1v) is 9.80. The Labute approximate surface area is 174 Å². The van der Waals surface area contributed by atoms with Gasteiger partial charge in [0.2, 0.25) is 0 Å². The van der Waals surface area contributed by atoms with E-state index >= 15 is 0 Å². The van der Waals surface area contributed by atoms with E-state index in [0.29, 0.717) is 35.8 Å². The molecule has 0 saturated heterocycles. The Balaban J connectivity index is 1.54. The molecule has 0 radical (unpaired) electrons. The topological polar surface area (TPSA) is 68.7 Å². The van der Waals surface area contributed by atoms with Crippen LogP contribution in [0.15, 0.2) is 47.8 Å². The van der Waals surface area contributed by atoms with Crippen LogP contribution in [0.3, 0.4) is 0 Å². The zero-order valence-corrected chi connectivity index (χ0v) is 16.7. The smallest absolute Gasteiger partial charge is 0.416 e. The summed E-state index contributed by atoms with van der Waals surface area (Å²) in [5.74, 6) is 0.0504. The van der Waals surface area contributed by atoms with E-state index in [1.165, 1.54) is 23.5 Å². The SMILES string of the molecule is Cc1cc(OCCc2nc(-c3ccc(C(F)(F)F)cc3)cs2)ccc1OCC(=O)O. The number of hydrogen-bond donors (Lipinski definition) is 1. The Morgan fingerprint density at radius 3 is 2.50 bits per heavy atom. The summed E-state index contributed by atoms with van der Waals surface area (Å²) in [7, 11) is 0. The highest BCUT2D eigenvalue weighted by molar-refractivity contribution is 7.09. The summed E-state index contributed by atoms with van der Waals surface area (Å²) in [4.78, 5) is 15.0. The number of halogens is 3. The molecule has 0 aliphatic carbocycles. The average Bonchev–Trinajstić information content (AvgIpc) is 3.15. The van der Waals surface area contributed by atoms with E-state index in [4.69, 9.17) is 14.6 Å². The zero-order valence-electron chi connectivity index (χ0n) is 15.9. The predicted molar refractivity (Wildman–Crippen MR) is 106 cm³/mol. The lowest BCUT2D eigenvalue weighted by Gasteiger charge is -2.10. The minimum Gasteiger partial charge on any atom is -0.493 e. The Morgan fingerprint density at radius 1 is 1.13 bits per heavy atom. The summed E-state index contributed by atoms with van der Waals surface area (Å²) in [6, 6.07) is 10.0. The third-order valence-corrected chi connectivity index (χ3v) is 5.05. The van der Waals surface area contributed by atoms with Gasteiger partial charge in [-0.05, 0) is 42.8 Å². The van der Waals surface area contributed by atoms with Gasteiger partial charge >= 0.3 is 12.1 Å². The van der Waals surface area contributed by atoms with Crippen molar-refractivity contribution in [1.82, 2.24) is 4.98 Å². The molecule has 30 heavy (non-hydrogen) atoms. The lowest BCUT2D eigenvalue weighted by atomic mass is 10.1. The maximum absolute atomic E-state index is 12.7. The monoisotopic (exact) mass is 437 g/mol. The lowest BCUT2D eigenvalue weighted by Crippen LogP contribution is -2.10. The first kappa shape index (κ1) is 21.6.